The van der Waals surface area contributed by atoms with Crippen LogP contribution in [-0.2, 0) is 16.3 Å². The number of hydrogen-bond donors (Lipinski definition) is 1. The Balaban J connectivity index is 1.18. The molecule has 1 aliphatic heterocycles. The normalized spacial score (nSPS) is 20.4. The van der Waals surface area contributed by atoms with Gasteiger partial charge in [-0.1, -0.05) is 45.1 Å². The lowest BCUT2D eigenvalue weighted by molar-refractivity contribution is -0.137. The van der Waals surface area contributed by atoms with E-state index in [0.29, 0.717) is 12.3 Å². The molecule has 0 radical (unpaired) electrons. The van der Waals surface area contributed by atoms with Gasteiger partial charge in [-0.05, 0) is 67.0 Å². The lowest BCUT2D eigenvalue weighted by Gasteiger charge is -2.38. The summed E-state index contributed by atoms with van der Waals surface area (Å²) in [5.41, 5.74) is 1.84. The van der Waals surface area contributed by atoms with Crippen molar-refractivity contribution in [1.29, 1.82) is 5.26 Å². The minimum absolute atomic E-state index is 0.0661. The molecule has 0 atom stereocenters. The molecule has 0 bridgehead atoms. The van der Waals surface area contributed by atoms with Gasteiger partial charge in [-0.15, -0.1) is 0 Å². The average Bonchev–Trinajstić information content (AvgIpc) is 2.91. The maximum atomic E-state index is 13.3. The fourth-order valence-corrected chi connectivity index (χ4v) is 5.49. The van der Waals surface area contributed by atoms with Crippen LogP contribution in [0.4, 0.5) is 24.5 Å². The molecule has 0 unspecified atom stereocenters. The number of nitriles is 1. The van der Waals surface area contributed by atoms with E-state index in [1.54, 1.807) is 6.07 Å². The molecule has 1 saturated heterocycles. The molecule has 2 aromatic carbocycles. The lowest BCUT2D eigenvalue weighted by Crippen LogP contribution is -2.49. The van der Waals surface area contributed by atoms with Crippen LogP contribution < -0.4 is 10.2 Å². The van der Waals surface area contributed by atoms with Crippen LogP contribution in [0.2, 0.25) is 0 Å². The highest BCUT2D eigenvalue weighted by Gasteiger charge is 2.34. The molecular weight excluding hydrogens is 521 g/mol. The summed E-state index contributed by atoms with van der Waals surface area (Å²) in [5, 5.41) is 12.2. The highest BCUT2D eigenvalue weighted by Crippen LogP contribution is 2.34. The number of thiocarbonyl (C=S) groups is 1. The number of nitrogens with zero attached hydrogens (tertiary/aromatic N) is 3. The van der Waals surface area contributed by atoms with Gasteiger partial charge in [-0.25, -0.2) is 0 Å². The van der Waals surface area contributed by atoms with E-state index < -0.39 is 11.7 Å². The molecule has 9 heteroatoms. The molecule has 1 N–H and O–H groups in total. The molecule has 5 nitrogen and oxygen atoms in total. The Morgan fingerprint density at radius 1 is 1.00 bits per heavy atom. The first-order valence-electron chi connectivity index (χ1n) is 13.6. The zero-order valence-corrected chi connectivity index (χ0v) is 23.7. The maximum absolute atomic E-state index is 13.3. The van der Waals surface area contributed by atoms with Crippen LogP contribution in [0.3, 0.4) is 0 Å². The van der Waals surface area contributed by atoms with Crippen LogP contribution in [0.1, 0.15) is 63.1 Å². The van der Waals surface area contributed by atoms with Gasteiger partial charge in [0.05, 0.1) is 29.9 Å². The Hall–Kier alpha value is -2.83. The Kier molecular flexibility index (Phi) is 9.07. The van der Waals surface area contributed by atoms with Gasteiger partial charge in [0, 0.05) is 43.6 Å². The number of piperazine rings is 1. The first-order chi connectivity index (χ1) is 18.4. The highest BCUT2D eigenvalue weighted by molar-refractivity contribution is 7.80. The summed E-state index contributed by atoms with van der Waals surface area (Å²) in [6.07, 6.45) is -1.23. The third kappa shape index (κ3) is 7.64. The lowest BCUT2D eigenvalue weighted by atomic mass is 9.87. The summed E-state index contributed by atoms with van der Waals surface area (Å²) >= 11 is 5.68. The number of hydrogen-bond acceptors (Lipinski definition) is 5. The molecular formula is C30H37F3N4OS. The van der Waals surface area contributed by atoms with E-state index in [1.807, 2.05) is 0 Å². The van der Waals surface area contributed by atoms with Crippen molar-refractivity contribution in [3.05, 3.63) is 59.2 Å². The smallest absolute Gasteiger partial charge is 0.382 e. The van der Waals surface area contributed by atoms with E-state index in [-0.39, 0.29) is 23.1 Å². The number of anilines is 2. The van der Waals surface area contributed by atoms with Crippen molar-refractivity contribution in [2.75, 3.05) is 43.0 Å². The topological polar surface area (TPSA) is 51.5 Å². The number of alkyl halides is 3. The molecule has 0 aromatic heterocycles. The first-order valence-corrected chi connectivity index (χ1v) is 14.0. The summed E-state index contributed by atoms with van der Waals surface area (Å²) in [7, 11) is 0. The molecule has 2 aromatic rings. The molecule has 39 heavy (non-hydrogen) atoms. The summed E-state index contributed by atoms with van der Waals surface area (Å²) in [6.45, 7) is 10.6. The molecule has 4 rings (SSSR count). The van der Waals surface area contributed by atoms with Crippen LogP contribution >= 0.6 is 12.2 Å². The van der Waals surface area contributed by atoms with Gasteiger partial charge < -0.3 is 19.9 Å². The predicted molar refractivity (Wildman–Crippen MR) is 153 cm³/mol. The number of ether oxygens (including phenoxy) is 1. The summed E-state index contributed by atoms with van der Waals surface area (Å²) in [4.78, 5) is 5.45. The van der Waals surface area contributed by atoms with E-state index >= 15 is 0 Å². The van der Waals surface area contributed by atoms with Crippen molar-refractivity contribution in [3.8, 4) is 6.07 Å². The second-order valence-corrected chi connectivity index (χ2v) is 11.9. The minimum Gasteiger partial charge on any atom is -0.382 e. The fraction of sp³-hybridized carbons (Fsp3) is 0.533. The van der Waals surface area contributed by atoms with Crippen molar-refractivity contribution >= 4 is 28.6 Å². The fourth-order valence-electron chi connectivity index (χ4n) is 5.24. The molecule has 0 spiro atoms. The minimum atomic E-state index is -4.56. The Morgan fingerprint density at radius 2 is 1.64 bits per heavy atom. The van der Waals surface area contributed by atoms with Crippen molar-refractivity contribution in [2.45, 2.75) is 70.2 Å². The third-order valence-electron chi connectivity index (χ3n) is 7.66. The monoisotopic (exact) mass is 558 g/mol. The first kappa shape index (κ1) is 29.2. The van der Waals surface area contributed by atoms with Crippen molar-refractivity contribution in [2.24, 2.45) is 0 Å². The molecule has 210 valence electrons. The van der Waals surface area contributed by atoms with Gasteiger partial charge in [0.1, 0.15) is 4.99 Å². The quantitative estimate of drug-likeness (QED) is 0.395. The average molecular weight is 559 g/mol. The van der Waals surface area contributed by atoms with E-state index in [0.717, 1.165) is 62.9 Å². The third-order valence-corrected chi connectivity index (χ3v) is 8.04. The summed E-state index contributed by atoms with van der Waals surface area (Å²) in [5.74, 6) is 0. The Morgan fingerprint density at radius 3 is 2.21 bits per heavy atom. The maximum Gasteiger partial charge on any atom is 0.417 e. The van der Waals surface area contributed by atoms with Gasteiger partial charge in [0.15, 0.2) is 0 Å². The van der Waals surface area contributed by atoms with Gasteiger partial charge in [0.2, 0.25) is 0 Å². The highest BCUT2D eigenvalue weighted by atomic mass is 32.1. The van der Waals surface area contributed by atoms with Gasteiger partial charge in [0.25, 0.3) is 0 Å². The summed E-state index contributed by atoms with van der Waals surface area (Å²) < 4.78 is 45.9. The Bertz CT molecular complexity index is 1170. The van der Waals surface area contributed by atoms with Crippen LogP contribution in [0.25, 0.3) is 0 Å². The molecule has 0 amide bonds. The zero-order valence-electron chi connectivity index (χ0n) is 22.9. The number of rotatable bonds is 6. The van der Waals surface area contributed by atoms with Crippen LogP contribution in [0, 0.1) is 11.3 Å². The second-order valence-electron chi connectivity index (χ2n) is 11.5. The van der Waals surface area contributed by atoms with E-state index in [9.17, 15) is 13.2 Å². The van der Waals surface area contributed by atoms with E-state index in [1.165, 1.54) is 23.4 Å². The standard InChI is InChI=1S/C30H37F3N4OS/c1-29(2,3)22-5-10-25(11-6-22)36-14-16-37(17-15-36)28(39)20-38-26-12-8-23(9-13-26)35-24-7-4-21(19-34)27(18-24)30(31,32)33/h4-7,10-11,18,23,26,35H,8-9,12-17,20H2,1-3H3/t23-,26+. The van der Waals surface area contributed by atoms with Crippen molar-refractivity contribution < 1.29 is 17.9 Å². The van der Waals surface area contributed by atoms with E-state index in [4.69, 9.17) is 22.2 Å². The van der Waals surface area contributed by atoms with Gasteiger partial charge >= 0.3 is 6.18 Å². The van der Waals surface area contributed by atoms with E-state index in [2.05, 4.69) is 60.2 Å². The molecule has 1 heterocycles. The van der Waals surface area contributed by atoms with Crippen LogP contribution in [0.5, 0.6) is 0 Å². The molecule has 1 aliphatic carbocycles. The second kappa shape index (κ2) is 12.1. The zero-order chi connectivity index (χ0) is 28.2. The van der Waals surface area contributed by atoms with Crippen molar-refractivity contribution in [1.82, 2.24) is 4.90 Å². The summed E-state index contributed by atoms with van der Waals surface area (Å²) in [6, 6.07) is 14.3. The largest absolute Gasteiger partial charge is 0.417 e. The molecule has 1 saturated carbocycles. The molecule has 2 aliphatic rings. The Labute approximate surface area is 234 Å². The number of benzene rings is 2. The van der Waals surface area contributed by atoms with Crippen molar-refractivity contribution in [3.63, 3.8) is 0 Å². The molecule has 2 fully saturated rings. The number of halogens is 3. The van der Waals surface area contributed by atoms with Crippen LogP contribution in [-0.4, -0.2) is 54.8 Å². The van der Waals surface area contributed by atoms with Crippen LogP contribution in [0.15, 0.2) is 42.5 Å². The SMILES string of the molecule is CC(C)(C)c1ccc(N2CCN(C(=S)CO[C@H]3CC[C@@H](Nc4ccc(C#N)c(C(F)(F)F)c4)CC3)CC2)cc1. The van der Waals surface area contributed by atoms with Gasteiger partial charge in [-0.3, -0.25) is 0 Å². The van der Waals surface area contributed by atoms with Gasteiger partial charge in [-0.2, -0.15) is 18.4 Å². The predicted octanol–water partition coefficient (Wildman–Crippen LogP) is 6.76. The number of nitrogens with one attached hydrogen (secondary N) is 1.